The van der Waals surface area contributed by atoms with Gasteiger partial charge in [-0.2, -0.15) is 18.3 Å². The maximum absolute atomic E-state index is 13.3. The van der Waals surface area contributed by atoms with Crippen LogP contribution in [0.15, 0.2) is 42.7 Å². The van der Waals surface area contributed by atoms with Gasteiger partial charge in [0.05, 0.1) is 5.56 Å². The van der Waals surface area contributed by atoms with Gasteiger partial charge in [-0.25, -0.2) is 9.50 Å². The predicted octanol–water partition coefficient (Wildman–Crippen LogP) is 3.53. The lowest BCUT2D eigenvalue weighted by Gasteiger charge is -2.21. The SMILES string of the molecule is CC(C)(C)NC(=O)c1cc(NC(=O)c2cc3ncccn3n2)cc(C(F)(F)F)c1. The molecule has 0 aliphatic carbocycles. The molecule has 1 aromatic carbocycles. The highest BCUT2D eigenvalue weighted by Crippen LogP contribution is 2.32. The number of amides is 2. The van der Waals surface area contributed by atoms with Crippen LogP contribution in [-0.4, -0.2) is 32.0 Å². The summed E-state index contributed by atoms with van der Waals surface area (Å²) in [4.78, 5) is 28.8. The maximum atomic E-state index is 13.3. The van der Waals surface area contributed by atoms with Gasteiger partial charge in [0.15, 0.2) is 11.3 Å². The zero-order valence-electron chi connectivity index (χ0n) is 15.8. The molecule has 10 heteroatoms. The van der Waals surface area contributed by atoms with Crippen molar-refractivity contribution in [3.8, 4) is 0 Å². The number of benzene rings is 1. The number of fused-ring (bicyclic) bond motifs is 1. The van der Waals surface area contributed by atoms with Crippen LogP contribution in [-0.2, 0) is 6.18 Å². The number of anilines is 1. The summed E-state index contributed by atoms with van der Waals surface area (Å²) in [7, 11) is 0. The second kappa shape index (κ2) is 7.19. The van der Waals surface area contributed by atoms with E-state index in [1.807, 2.05) is 0 Å². The molecule has 7 nitrogen and oxygen atoms in total. The number of nitrogens with one attached hydrogen (secondary N) is 2. The second-order valence-electron chi connectivity index (χ2n) is 7.41. The second-order valence-corrected chi connectivity index (χ2v) is 7.41. The van der Waals surface area contributed by atoms with Gasteiger partial charge in [0.2, 0.25) is 0 Å². The number of halogens is 3. The molecule has 2 aromatic heterocycles. The van der Waals surface area contributed by atoms with E-state index >= 15 is 0 Å². The molecule has 0 fully saturated rings. The number of aromatic nitrogens is 3. The summed E-state index contributed by atoms with van der Waals surface area (Å²) in [6.07, 6.45) is -1.59. The predicted molar refractivity (Wildman–Crippen MR) is 99.6 cm³/mol. The zero-order valence-corrected chi connectivity index (χ0v) is 15.8. The van der Waals surface area contributed by atoms with Crippen molar-refractivity contribution in [2.75, 3.05) is 5.32 Å². The van der Waals surface area contributed by atoms with E-state index in [2.05, 4.69) is 20.7 Å². The van der Waals surface area contributed by atoms with Gasteiger partial charge in [0.1, 0.15) is 0 Å². The van der Waals surface area contributed by atoms with E-state index in [-0.39, 0.29) is 16.9 Å². The Labute approximate surface area is 163 Å². The van der Waals surface area contributed by atoms with Gasteiger partial charge in [-0.3, -0.25) is 9.59 Å². The average molecular weight is 405 g/mol. The molecule has 0 atom stereocenters. The summed E-state index contributed by atoms with van der Waals surface area (Å²) in [5, 5.41) is 8.99. The molecule has 0 spiro atoms. The number of hydrogen-bond acceptors (Lipinski definition) is 4. The van der Waals surface area contributed by atoms with Crippen molar-refractivity contribution in [2.45, 2.75) is 32.5 Å². The van der Waals surface area contributed by atoms with Crippen LogP contribution in [0.4, 0.5) is 18.9 Å². The summed E-state index contributed by atoms with van der Waals surface area (Å²) in [6, 6.07) is 5.71. The first kappa shape index (κ1) is 20.3. The van der Waals surface area contributed by atoms with Crippen LogP contribution in [0.5, 0.6) is 0 Å². The van der Waals surface area contributed by atoms with Crippen molar-refractivity contribution >= 4 is 23.1 Å². The van der Waals surface area contributed by atoms with Gasteiger partial charge in [-0.15, -0.1) is 0 Å². The molecule has 3 aromatic rings. The van der Waals surface area contributed by atoms with E-state index < -0.39 is 29.1 Å². The van der Waals surface area contributed by atoms with E-state index in [4.69, 9.17) is 0 Å². The first-order valence-corrected chi connectivity index (χ1v) is 8.59. The van der Waals surface area contributed by atoms with Crippen molar-refractivity contribution in [1.82, 2.24) is 19.9 Å². The molecule has 0 saturated carbocycles. The molecule has 29 heavy (non-hydrogen) atoms. The maximum Gasteiger partial charge on any atom is 0.416 e. The van der Waals surface area contributed by atoms with E-state index in [0.29, 0.717) is 5.65 Å². The van der Waals surface area contributed by atoms with Crippen LogP contribution in [0.2, 0.25) is 0 Å². The van der Waals surface area contributed by atoms with Gasteiger partial charge in [-0.1, -0.05) is 0 Å². The molecule has 0 aliphatic heterocycles. The molecule has 0 aliphatic rings. The average Bonchev–Trinajstić information content (AvgIpc) is 3.03. The smallest absolute Gasteiger partial charge is 0.347 e. The highest BCUT2D eigenvalue weighted by molar-refractivity contribution is 6.04. The Morgan fingerprint density at radius 3 is 2.38 bits per heavy atom. The normalized spacial score (nSPS) is 12.1. The summed E-state index contributed by atoms with van der Waals surface area (Å²) < 4.78 is 41.2. The van der Waals surface area contributed by atoms with Gasteiger partial charge in [-0.05, 0) is 45.0 Å². The number of carbonyl (C=O) groups is 2. The van der Waals surface area contributed by atoms with Gasteiger partial charge in [0.25, 0.3) is 11.8 Å². The van der Waals surface area contributed by atoms with Crippen molar-refractivity contribution in [3.63, 3.8) is 0 Å². The Hall–Kier alpha value is -3.43. The number of hydrogen-bond donors (Lipinski definition) is 2. The molecule has 0 unspecified atom stereocenters. The first-order chi connectivity index (χ1) is 13.4. The fraction of sp³-hybridized carbons (Fsp3) is 0.263. The lowest BCUT2D eigenvalue weighted by molar-refractivity contribution is -0.137. The topological polar surface area (TPSA) is 88.4 Å². The number of carbonyl (C=O) groups excluding carboxylic acids is 2. The zero-order chi connectivity index (χ0) is 21.4. The van der Waals surface area contributed by atoms with Crippen molar-refractivity contribution < 1.29 is 22.8 Å². The molecule has 0 saturated heterocycles. The monoisotopic (exact) mass is 405 g/mol. The van der Waals surface area contributed by atoms with Crippen LogP contribution < -0.4 is 10.6 Å². The Balaban J connectivity index is 1.93. The third-order valence-electron chi connectivity index (χ3n) is 3.74. The number of rotatable bonds is 3. The largest absolute Gasteiger partial charge is 0.416 e. The van der Waals surface area contributed by atoms with Crippen LogP contribution in [0.3, 0.4) is 0 Å². The quantitative estimate of drug-likeness (QED) is 0.698. The molecule has 3 rings (SSSR count). The fourth-order valence-corrected chi connectivity index (χ4v) is 2.54. The third kappa shape index (κ3) is 4.89. The standard InChI is InChI=1S/C19H18F3N5O2/c1-18(2,3)25-16(28)11-7-12(19(20,21)22)9-13(8-11)24-17(29)14-10-15-23-5-4-6-27(15)26-14/h4-10H,1-3H3,(H,24,29)(H,25,28). The minimum atomic E-state index is -4.69. The first-order valence-electron chi connectivity index (χ1n) is 8.59. The molecule has 0 bridgehead atoms. The molecule has 152 valence electrons. The Bertz CT molecular complexity index is 1050. The summed E-state index contributed by atoms with van der Waals surface area (Å²) >= 11 is 0. The van der Waals surface area contributed by atoms with Crippen molar-refractivity contribution in [1.29, 1.82) is 0 Å². The highest BCUT2D eigenvalue weighted by Gasteiger charge is 2.32. The van der Waals surface area contributed by atoms with Crippen LogP contribution in [0, 0.1) is 0 Å². The fourth-order valence-electron chi connectivity index (χ4n) is 2.54. The van der Waals surface area contributed by atoms with Gasteiger partial charge in [0, 0.05) is 35.2 Å². The van der Waals surface area contributed by atoms with Crippen LogP contribution in [0.1, 0.15) is 47.2 Å². The molecular weight excluding hydrogens is 387 g/mol. The summed E-state index contributed by atoms with van der Waals surface area (Å²) in [6.45, 7) is 5.12. The van der Waals surface area contributed by atoms with Crippen LogP contribution in [0.25, 0.3) is 5.65 Å². The minimum Gasteiger partial charge on any atom is -0.347 e. The summed E-state index contributed by atoms with van der Waals surface area (Å²) in [5.41, 5.74) is -1.70. The third-order valence-corrected chi connectivity index (χ3v) is 3.74. The van der Waals surface area contributed by atoms with Gasteiger partial charge >= 0.3 is 6.18 Å². The minimum absolute atomic E-state index is 0.0261. The summed E-state index contributed by atoms with van der Waals surface area (Å²) in [5.74, 6) is -1.41. The lowest BCUT2D eigenvalue weighted by Crippen LogP contribution is -2.40. The van der Waals surface area contributed by atoms with Crippen LogP contribution >= 0.6 is 0 Å². The molecule has 2 heterocycles. The number of nitrogens with zero attached hydrogens (tertiary/aromatic N) is 3. The van der Waals surface area contributed by atoms with E-state index in [9.17, 15) is 22.8 Å². The lowest BCUT2D eigenvalue weighted by atomic mass is 10.0. The van der Waals surface area contributed by atoms with Crippen molar-refractivity contribution in [2.24, 2.45) is 0 Å². The molecule has 2 amide bonds. The molecule has 2 N–H and O–H groups in total. The van der Waals surface area contributed by atoms with E-state index in [0.717, 1.165) is 12.1 Å². The Morgan fingerprint density at radius 2 is 1.76 bits per heavy atom. The molecule has 0 radical (unpaired) electrons. The number of alkyl halides is 3. The molecular formula is C19H18F3N5O2. The van der Waals surface area contributed by atoms with E-state index in [1.165, 1.54) is 22.8 Å². The van der Waals surface area contributed by atoms with E-state index in [1.54, 1.807) is 33.0 Å². The highest BCUT2D eigenvalue weighted by atomic mass is 19.4. The Morgan fingerprint density at radius 1 is 1.03 bits per heavy atom. The van der Waals surface area contributed by atoms with Gasteiger partial charge < -0.3 is 10.6 Å². The van der Waals surface area contributed by atoms with Crippen molar-refractivity contribution in [3.05, 3.63) is 59.5 Å². The Kier molecular flexibility index (Phi) is 5.04.